The van der Waals surface area contributed by atoms with Crippen molar-refractivity contribution < 1.29 is 4.79 Å². The van der Waals surface area contributed by atoms with E-state index >= 15 is 0 Å². The number of amides is 1. The van der Waals surface area contributed by atoms with E-state index in [9.17, 15) is 4.79 Å². The molecule has 0 aliphatic carbocycles. The van der Waals surface area contributed by atoms with E-state index < -0.39 is 0 Å². The lowest BCUT2D eigenvalue weighted by Crippen LogP contribution is -2.39. The van der Waals surface area contributed by atoms with Crippen LogP contribution in [0.1, 0.15) is 22.2 Å². The average Bonchev–Trinajstić information content (AvgIpc) is 2.54. The van der Waals surface area contributed by atoms with E-state index in [4.69, 9.17) is 0 Å². The van der Waals surface area contributed by atoms with Crippen molar-refractivity contribution in [3.63, 3.8) is 0 Å². The van der Waals surface area contributed by atoms with Crippen LogP contribution in [0.2, 0.25) is 0 Å². The van der Waals surface area contributed by atoms with Crippen molar-refractivity contribution in [1.29, 1.82) is 0 Å². The van der Waals surface area contributed by atoms with Crippen LogP contribution in [0.25, 0.3) is 0 Å². The third kappa shape index (κ3) is 3.32. The molecule has 0 fully saturated rings. The number of aryl methyl sites for hydroxylation is 2. The van der Waals surface area contributed by atoms with Gasteiger partial charge in [0.05, 0.1) is 12.6 Å². The van der Waals surface area contributed by atoms with E-state index in [1.165, 1.54) is 15.3 Å². The Hall–Kier alpha value is -0.870. The molecule has 0 spiro atoms. The molecule has 1 heterocycles. The maximum Gasteiger partial charge on any atom is 0.237 e. The number of rotatable bonds is 4. The fraction of sp³-hybridized carbons (Fsp3) is 0.545. The second kappa shape index (κ2) is 5.28. The molecule has 0 aromatic carbocycles. The summed E-state index contributed by atoms with van der Waals surface area (Å²) in [5.74, 6) is 0.0428. The average molecular weight is 226 g/mol. The molecule has 0 saturated heterocycles. The van der Waals surface area contributed by atoms with Crippen LogP contribution < -0.4 is 10.6 Å². The van der Waals surface area contributed by atoms with Crippen molar-refractivity contribution in [2.24, 2.45) is 0 Å². The van der Waals surface area contributed by atoms with Gasteiger partial charge in [-0.05, 0) is 39.4 Å². The summed E-state index contributed by atoms with van der Waals surface area (Å²) in [6.07, 6.45) is 0. The quantitative estimate of drug-likeness (QED) is 0.818. The zero-order valence-corrected chi connectivity index (χ0v) is 10.5. The Morgan fingerprint density at radius 3 is 2.67 bits per heavy atom. The fourth-order valence-corrected chi connectivity index (χ4v) is 2.19. The Kier molecular flexibility index (Phi) is 4.29. The van der Waals surface area contributed by atoms with Gasteiger partial charge in [-0.15, -0.1) is 11.3 Å². The van der Waals surface area contributed by atoms with Gasteiger partial charge in [0, 0.05) is 9.75 Å². The first kappa shape index (κ1) is 12.2. The number of hydrogen-bond acceptors (Lipinski definition) is 3. The Morgan fingerprint density at radius 2 is 2.20 bits per heavy atom. The van der Waals surface area contributed by atoms with Gasteiger partial charge in [-0.25, -0.2) is 0 Å². The van der Waals surface area contributed by atoms with E-state index in [1.807, 2.05) is 6.92 Å². The predicted octanol–water partition coefficient (Wildman–Crippen LogP) is 1.59. The molecule has 1 aromatic heterocycles. The molecular weight excluding hydrogens is 208 g/mol. The lowest BCUT2D eigenvalue weighted by atomic mass is 10.3. The number of nitrogens with one attached hydrogen (secondary N) is 2. The SMILES string of the molecule is CNC(C)C(=O)NCc1cc(C)c(C)s1. The standard InChI is InChI=1S/C11H18N2OS/c1-7-5-10(15-9(7)3)6-13-11(14)8(2)12-4/h5,8,12H,6H2,1-4H3,(H,13,14). The number of carbonyl (C=O) groups is 1. The van der Waals surface area contributed by atoms with Crippen LogP contribution >= 0.6 is 11.3 Å². The van der Waals surface area contributed by atoms with Gasteiger partial charge in [-0.2, -0.15) is 0 Å². The summed E-state index contributed by atoms with van der Waals surface area (Å²) in [7, 11) is 1.78. The van der Waals surface area contributed by atoms with Crippen LogP contribution in [-0.4, -0.2) is 19.0 Å². The molecule has 3 nitrogen and oxygen atoms in total. The molecule has 1 unspecified atom stereocenters. The first-order valence-corrected chi connectivity index (χ1v) is 5.87. The minimum Gasteiger partial charge on any atom is -0.350 e. The molecule has 0 saturated carbocycles. The lowest BCUT2D eigenvalue weighted by molar-refractivity contribution is -0.122. The van der Waals surface area contributed by atoms with Crippen molar-refractivity contribution in [2.75, 3.05) is 7.05 Å². The Balaban J connectivity index is 2.47. The number of thiophene rings is 1. The molecular formula is C11H18N2OS. The van der Waals surface area contributed by atoms with Crippen LogP contribution in [0.5, 0.6) is 0 Å². The van der Waals surface area contributed by atoms with Crippen molar-refractivity contribution >= 4 is 17.2 Å². The molecule has 1 amide bonds. The van der Waals surface area contributed by atoms with Gasteiger partial charge in [-0.1, -0.05) is 0 Å². The topological polar surface area (TPSA) is 41.1 Å². The molecule has 1 aromatic rings. The van der Waals surface area contributed by atoms with Crippen LogP contribution in [0.3, 0.4) is 0 Å². The first-order chi connectivity index (χ1) is 7.04. The van der Waals surface area contributed by atoms with Gasteiger partial charge in [0.25, 0.3) is 0 Å². The summed E-state index contributed by atoms with van der Waals surface area (Å²) in [5, 5.41) is 5.81. The Labute approximate surface area is 94.9 Å². The molecule has 0 bridgehead atoms. The van der Waals surface area contributed by atoms with Crippen LogP contribution in [0.15, 0.2) is 6.07 Å². The van der Waals surface area contributed by atoms with Crippen LogP contribution in [0.4, 0.5) is 0 Å². The summed E-state index contributed by atoms with van der Waals surface area (Å²) < 4.78 is 0. The number of likely N-dealkylation sites (N-methyl/N-ethyl adjacent to an activating group) is 1. The third-order valence-corrected chi connectivity index (χ3v) is 3.63. The van der Waals surface area contributed by atoms with Gasteiger partial charge in [0.2, 0.25) is 5.91 Å². The highest BCUT2D eigenvalue weighted by Crippen LogP contribution is 2.20. The number of carbonyl (C=O) groups excluding carboxylic acids is 1. The Morgan fingerprint density at radius 1 is 1.53 bits per heavy atom. The Bertz CT molecular complexity index is 327. The maximum atomic E-state index is 11.5. The molecule has 2 N–H and O–H groups in total. The zero-order valence-electron chi connectivity index (χ0n) is 9.68. The second-order valence-corrected chi connectivity index (χ2v) is 5.02. The highest BCUT2D eigenvalue weighted by molar-refractivity contribution is 7.12. The normalized spacial score (nSPS) is 12.5. The van der Waals surface area contributed by atoms with Gasteiger partial charge in [0.15, 0.2) is 0 Å². The van der Waals surface area contributed by atoms with Gasteiger partial charge >= 0.3 is 0 Å². The molecule has 84 valence electrons. The van der Waals surface area contributed by atoms with Crippen molar-refractivity contribution in [3.05, 3.63) is 21.4 Å². The second-order valence-electron chi connectivity index (χ2n) is 3.68. The summed E-state index contributed by atoms with van der Waals surface area (Å²) in [5.41, 5.74) is 1.30. The van der Waals surface area contributed by atoms with E-state index in [0.717, 1.165) is 0 Å². The fourth-order valence-electron chi connectivity index (χ4n) is 1.20. The first-order valence-electron chi connectivity index (χ1n) is 5.05. The van der Waals surface area contributed by atoms with Gasteiger partial charge in [0.1, 0.15) is 0 Å². The van der Waals surface area contributed by atoms with Crippen molar-refractivity contribution in [3.8, 4) is 0 Å². The smallest absolute Gasteiger partial charge is 0.237 e. The van der Waals surface area contributed by atoms with E-state index in [-0.39, 0.29) is 11.9 Å². The van der Waals surface area contributed by atoms with E-state index in [1.54, 1.807) is 18.4 Å². The molecule has 1 atom stereocenters. The largest absolute Gasteiger partial charge is 0.350 e. The van der Waals surface area contributed by atoms with Crippen LogP contribution in [-0.2, 0) is 11.3 Å². The van der Waals surface area contributed by atoms with Gasteiger partial charge in [-0.3, -0.25) is 4.79 Å². The molecule has 4 heteroatoms. The predicted molar refractivity (Wildman–Crippen MR) is 64.2 cm³/mol. The lowest BCUT2D eigenvalue weighted by Gasteiger charge is -2.09. The maximum absolute atomic E-state index is 11.5. The van der Waals surface area contributed by atoms with Crippen LogP contribution in [0, 0.1) is 13.8 Å². The molecule has 1 rings (SSSR count). The number of hydrogen-bond donors (Lipinski definition) is 2. The molecule has 0 radical (unpaired) electrons. The van der Waals surface area contributed by atoms with E-state index in [0.29, 0.717) is 6.54 Å². The summed E-state index contributed by atoms with van der Waals surface area (Å²) in [6.45, 7) is 6.67. The summed E-state index contributed by atoms with van der Waals surface area (Å²) in [4.78, 5) is 14.0. The minimum absolute atomic E-state index is 0.0428. The molecule has 0 aliphatic rings. The summed E-state index contributed by atoms with van der Waals surface area (Å²) >= 11 is 1.74. The third-order valence-electron chi connectivity index (χ3n) is 2.48. The highest BCUT2D eigenvalue weighted by Gasteiger charge is 2.10. The molecule has 0 aliphatic heterocycles. The summed E-state index contributed by atoms with van der Waals surface area (Å²) in [6, 6.07) is 2.00. The molecule has 15 heavy (non-hydrogen) atoms. The van der Waals surface area contributed by atoms with E-state index in [2.05, 4.69) is 30.5 Å². The zero-order chi connectivity index (χ0) is 11.4. The highest BCUT2D eigenvalue weighted by atomic mass is 32.1. The van der Waals surface area contributed by atoms with Gasteiger partial charge < -0.3 is 10.6 Å². The minimum atomic E-state index is -0.132. The van der Waals surface area contributed by atoms with Crippen molar-refractivity contribution in [2.45, 2.75) is 33.4 Å². The monoisotopic (exact) mass is 226 g/mol. The van der Waals surface area contributed by atoms with Crippen molar-refractivity contribution in [1.82, 2.24) is 10.6 Å².